The van der Waals surface area contributed by atoms with Crippen LogP contribution in [0.1, 0.15) is 58.1 Å². The van der Waals surface area contributed by atoms with Crippen LogP contribution >= 0.6 is 0 Å². The standard InChI is InChI=1S/C31H44N2O7/c1-5-6-16-38-26-14-12-23(13-15-26)17-28-27(18-25(35)20-34)32(22-33(28)30(37)40-31(2,3)4)19-29(36)39-21-24-10-8-7-9-11-24/h7-15,25,27-28,34-35H,5-6,16-22H2,1-4H3/t25?,27-,28+/m1/s1. The second-order valence-electron chi connectivity index (χ2n) is 11.2. The van der Waals surface area contributed by atoms with Gasteiger partial charge < -0.3 is 24.4 Å². The zero-order chi connectivity index (χ0) is 29.1. The number of nitrogens with zero attached hydrogens (tertiary/aromatic N) is 2. The van der Waals surface area contributed by atoms with E-state index in [2.05, 4.69) is 6.92 Å². The Kier molecular flexibility index (Phi) is 11.8. The zero-order valence-electron chi connectivity index (χ0n) is 24.1. The maximum Gasteiger partial charge on any atom is 0.411 e. The Bertz CT molecular complexity index is 1060. The van der Waals surface area contributed by atoms with Gasteiger partial charge in [0.15, 0.2) is 0 Å². The number of amides is 1. The normalized spacial score (nSPS) is 18.4. The molecular weight excluding hydrogens is 512 g/mol. The van der Waals surface area contributed by atoms with Gasteiger partial charge in [-0.05, 0) is 63.3 Å². The van der Waals surface area contributed by atoms with Crippen molar-refractivity contribution in [3.63, 3.8) is 0 Å². The lowest BCUT2D eigenvalue weighted by Gasteiger charge is -2.31. The molecular formula is C31H44N2O7. The maximum absolute atomic E-state index is 13.3. The minimum atomic E-state index is -1.01. The minimum Gasteiger partial charge on any atom is -0.494 e. The van der Waals surface area contributed by atoms with Crippen LogP contribution in [-0.2, 0) is 27.3 Å². The Morgan fingerprint density at radius 1 is 1.02 bits per heavy atom. The molecule has 9 heteroatoms. The van der Waals surface area contributed by atoms with E-state index < -0.39 is 42.5 Å². The van der Waals surface area contributed by atoms with E-state index in [1.807, 2.05) is 59.5 Å². The van der Waals surface area contributed by atoms with Crippen LogP contribution in [0.2, 0.25) is 0 Å². The molecule has 1 aliphatic heterocycles. The number of unbranched alkanes of at least 4 members (excludes halogenated alkanes) is 1. The van der Waals surface area contributed by atoms with Gasteiger partial charge in [0.25, 0.3) is 0 Å². The molecule has 1 saturated heterocycles. The Morgan fingerprint density at radius 3 is 2.35 bits per heavy atom. The highest BCUT2D eigenvalue weighted by atomic mass is 16.6. The van der Waals surface area contributed by atoms with Crippen molar-refractivity contribution in [2.45, 2.75) is 83.8 Å². The summed E-state index contributed by atoms with van der Waals surface area (Å²) in [6.07, 6.45) is 1.16. The SMILES string of the molecule is CCCCOc1ccc(C[C@H]2[C@@H](CC(O)CO)N(CC(=O)OCc3ccccc3)CN2C(=O)OC(C)(C)C)cc1. The van der Waals surface area contributed by atoms with Gasteiger partial charge in [0.2, 0.25) is 0 Å². The quantitative estimate of drug-likeness (QED) is 0.280. The highest BCUT2D eigenvalue weighted by Crippen LogP contribution is 2.30. The monoisotopic (exact) mass is 556 g/mol. The van der Waals surface area contributed by atoms with E-state index in [0.29, 0.717) is 13.0 Å². The lowest BCUT2D eigenvalue weighted by atomic mass is 9.95. The maximum atomic E-state index is 13.3. The molecule has 0 aromatic heterocycles. The average molecular weight is 557 g/mol. The van der Waals surface area contributed by atoms with Crippen molar-refractivity contribution in [1.29, 1.82) is 0 Å². The molecule has 1 fully saturated rings. The number of benzene rings is 2. The smallest absolute Gasteiger partial charge is 0.411 e. The molecule has 3 atom stereocenters. The first-order valence-corrected chi connectivity index (χ1v) is 14.0. The fourth-order valence-corrected chi connectivity index (χ4v) is 4.69. The molecule has 0 aliphatic carbocycles. The summed E-state index contributed by atoms with van der Waals surface area (Å²) in [6.45, 7) is 7.95. The Hall–Kier alpha value is -3.14. The topological polar surface area (TPSA) is 109 Å². The zero-order valence-corrected chi connectivity index (χ0v) is 24.1. The van der Waals surface area contributed by atoms with Crippen molar-refractivity contribution in [3.05, 3.63) is 65.7 Å². The first-order chi connectivity index (χ1) is 19.1. The lowest BCUT2D eigenvalue weighted by molar-refractivity contribution is -0.146. The molecule has 0 spiro atoms. The summed E-state index contributed by atoms with van der Waals surface area (Å²) < 4.78 is 17.0. The molecule has 0 saturated carbocycles. The van der Waals surface area contributed by atoms with Crippen LogP contribution in [0.25, 0.3) is 0 Å². The van der Waals surface area contributed by atoms with Gasteiger partial charge in [-0.2, -0.15) is 0 Å². The number of ether oxygens (including phenoxy) is 3. The van der Waals surface area contributed by atoms with E-state index in [-0.39, 0.29) is 26.2 Å². The Labute approximate surface area is 237 Å². The highest BCUT2D eigenvalue weighted by Gasteiger charge is 2.45. The third kappa shape index (κ3) is 9.80. The summed E-state index contributed by atoms with van der Waals surface area (Å²) >= 11 is 0. The van der Waals surface area contributed by atoms with Crippen molar-refractivity contribution in [2.24, 2.45) is 0 Å². The number of hydrogen-bond donors (Lipinski definition) is 2. The van der Waals surface area contributed by atoms with E-state index >= 15 is 0 Å². The number of carbonyl (C=O) groups excluding carboxylic acids is 2. The molecule has 9 nitrogen and oxygen atoms in total. The number of rotatable bonds is 13. The summed E-state index contributed by atoms with van der Waals surface area (Å²) in [5, 5.41) is 20.0. The van der Waals surface area contributed by atoms with Crippen LogP contribution in [-0.4, -0.2) is 82.3 Å². The predicted octanol–water partition coefficient (Wildman–Crippen LogP) is 4.14. The number of aliphatic hydroxyl groups excluding tert-OH is 2. The molecule has 40 heavy (non-hydrogen) atoms. The van der Waals surface area contributed by atoms with Crippen molar-refractivity contribution >= 4 is 12.1 Å². The average Bonchev–Trinajstić information content (AvgIpc) is 3.24. The molecule has 2 N–H and O–H groups in total. The summed E-state index contributed by atoms with van der Waals surface area (Å²) in [7, 11) is 0. The fourth-order valence-electron chi connectivity index (χ4n) is 4.69. The largest absolute Gasteiger partial charge is 0.494 e. The van der Waals surface area contributed by atoms with E-state index in [1.165, 1.54) is 0 Å². The molecule has 1 unspecified atom stereocenters. The van der Waals surface area contributed by atoms with Crippen LogP contribution in [0.15, 0.2) is 54.6 Å². The van der Waals surface area contributed by atoms with Crippen LogP contribution in [0, 0.1) is 0 Å². The summed E-state index contributed by atoms with van der Waals surface area (Å²) in [5.41, 5.74) is 1.14. The third-order valence-corrected chi connectivity index (χ3v) is 6.71. The molecule has 1 heterocycles. The highest BCUT2D eigenvalue weighted by molar-refractivity contribution is 5.73. The third-order valence-electron chi connectivity index (χ3n) is 6.71. The molecule has 0 radical (unpaired) electrons. The van der Waals surface area contributed by atoms with Crippen LogP contribution < -0.4 is 4.74 Å². The van der Waals surface area contributed by atoms with Crippen molar-refractivity contribution in [2.75, 3.05) is 26.4 Å². The predicted molar refractivity (Wildman–Crippen MR) is 152 cm³/mol. The van der Waals surface area contributed by atoms with Gasteiger partial charge in [-0.25, -0.2) is 4.79 Å². The first kappa shape index (κ1) is 31.4. The molecule has 2 aromatic carbocycles. The molecule has 220 valence electrons. The van der Waals surface area contributed by atoms with Gasteiger partial charge in [-0.3, -0.25) is 14.6 Å². The fraction of sp³-hybridized carbons (Fsp3) is 0.548. The molecule has 3 rings (SSSR count). The number of carbonyl (C=O) groups is 2. The summed E-state index contributed by atoms with van der Waals surface area (Å²) in [6, 6.07) is 16.3. The van der Waals surface area contributed by atoms with E-state index in [1.54, 1.807) is 25.7 Å². The lowest BCUT2D eigenvalue weighted by Crippen LogP contribution is -2.45. The van der Waals surface area contributed by atoms with Gasteiger partial charge in [0, 0.05) is 6.04 Å². The van der Waals surface area contributed by atoms with Crippen molar-refractivity contribution in [3.8, 4) is 5.75 Å². The number of hydrogen-bond acceptors (Lipinski definition) is 8. The number of aliphatic hydroxyl groups is 2. The Morgan fingerprint density at radius 2 is 1.73 bits per heavy atom. The van der Waals surface area contributed by atoms with E-state index in [0.717, 1.165) is 29.7 Å². The molecule has 2 aromatic rings. The molecule has 1 amide bonds. The van der Waals surface area contributed by atoms with Gasteiger partial charge in [-0.1, -0.05) is 55.8 Å². The van der Waals surface area contributed by atoms with E-state index in [4.69, 9.17) is 14.2 Å². The van der Waals surface area contributed by atoms with E-state index in [9.17, 15) is 19.8 Å². The first-order valence-electron chi connectivity index (χ1n) is 14.0. The Balaban J connectivity index is 1.80. The van der Waals surface area contributed by atoms with Gasteiger partial charge >= 0.3 is 12.1 Å². The van der Waals surface area contributed by atoms with Gasteiger partial charge in [0.05, 0.1) is 38.6 Å². The van der Waals surface area contributed by atoms with Crippen molar-refractivity contribution < 1.29 is 34.0 Å². The molecule has 0 bridgehead atoms. The second kappa shape index (κ2) is 15.0. The summed E-state index contributed by atoms with van der Waals surface area (Å²) in [5.74, 6) is 0.341. The van der Waals surface area contributed by atoms with Gasteiger partial charge in [-0.15, -0.1) is 0 Å². The number of esters is 1. The molecule has 1 aliphatic rings. The second-order valence-corrected chi connectivity index (χ2v) is 11.2. The van der Waals surface area contributed by atoms with Crippen molar-refractivity contribution in [1.82, 2.24) is 9.80 Å². The van der Waals surface area contributed by atoms with Crippen LogP contribution in [0.5, 0.6) is 5.75 Å². The minimum absolute atomic E-state index is 0.0738. The summed E-state index contributed by atoms with van der Waals surface area (Å²) in [4.78, 5) is 29.6. The van der Waals surface area contributed by atoms with Crippen LogP contribution in [0.3, 0.4) is 0 Å². The van der Waals surface area contributed by atoms with Gasteiger partial charge in [0.1, 0.15) is 18.0 Å². The van der Waals surface area contributed by atoms with Crippen LogP contribution in [0.4, 0.5) is 4.79 Å².